The number of rotatable bonds is 8. The highest BCUT2D eigenvalue weighted by Gasteiger charge is 2.24. The maximum Gasteiger partial charge on any atom is 0.294 e. The van der Waals surface area contributed by atoms with Crippen LogP contribution in [0.1, 0.15) is 48.9 Å². The fourth-order valence-corrected chi connectivity index (χ4v) is 4.87. The van der Waals surface area contributed by atoms with Crippen LogP contribution in [-0.2, 0) is 22.6 Å². The molecule has 0 spiro atoms. The molecule has 0 radical (unpaired) electrons. The van der Waals surface area contributed by atoms with E-state index >= 15 is 0 Å². The van der Waals surface area contributed by atoms with Crippen molar-refractivity contribution in [3.8, 4) is 11.3 Å². The zero-order valence-electron chi connectivity index (χ0n) is 21.3. The van der Waals surface area contributed by atoms with Crippen molar-refractivity contribution in [3.05, 3.63) is 81.5 Å². The van der Waals surface area contributed by atoms with Crippen molar-refractivity contribution in [2.75, 3.05) is 12.4 Å². The number of aromatic nitrogens is 2. The maximum absolute atomic E-state index is 13.8. The van der Waals surface area contributed by atoms with Gasteiger partial charge in [-0.3, -0.25) is 19.0 Å². The van der Waals surface area contributed by atoms with Crippen LogP contribution in [0.2, 0.25) is 0 Å². The third-order valence-corrected chi connectivity index (χ3v) is 6.84. The standard InChI is InChI=1S/C28H32FN5O3/c1-4-22(30-3)27(36)33-26-28(37)34(24(15-31-26)20-13-12-19(29)14-17(20)2)16-25(35)32-23-11-7-9-18-8-5-6-10-21(18)23/h5-6,8,10,12-15,22-23,30H,4,7,9,11,16H2,1-3H3,(H,32,35)(H,31,33,36). The molecule has 0 saturated carbocycles. The highest BCUT2D eigenvalue weighted by atomic mass is 19.1. The normalized spacial score (nSPS) is 15.5. The van der Waals surface area contributed by atoms with Crippen LogP contribution in [0.4, 0.5) is 10.2 Å². The fraction of sp³-hybridized carbons (Fsp3) is 0.357. The number of aryl methyl sites for hydroxylation is 2. The van der Waals surface area contributed by atoms with Gasteiger partial charge in [-0.1, -0.05) is 31.2 Å². The van der Waals surface area contributed by atoms with Crippen LogP contribution < -0.4 is 21.5 Å². The number of amides is 2. The van der Waals surface area contributed by atoms with E-state index in [2.05, 4.69) is 27.0 Å². The molecule has 3 N–H and O–H groups in total. The number of halogens is 1. The number of nitrogens with one attached hydrogen (secondary N) is 3. The maximum atomic E-state index is 13.8. The summed E-state index contributed by atoms with van der Waals surface area (Å²) in [7, 11) is 1.66. The number of anilines is 1. The second-order valence-corrected chi connectivity index (χ2v) is 9.29. The number of hydrogen-bond acceptors (Lipinski definition) is 5. The fourth-order valence-electron chi connectivity index (χ4n) is 4.87. The van der Waals surface area contributed by atoms with Crippen LogP contribution in [-0.4, -0.2) is 34.5 Å². The highest BCUT2D eigenvalue weighted by molar-refractivity contribution is 5.94. The van der Waals surface area contributed by atoms with Crippen LogP contribution in [0, 0.1) is 12.7 Å². The first-order valence-electron chi connectivity index (χ1n) is 12.5. The van der Waals surface area contributed by atoms with Crippen molar-refractivity contribution >= 4 is 17.6 Å². The van der Waals surface area contributed by atoms with E-state index in [0.29, 0.717) is 23.2 Å². The van der Waals surface area contributed by atoms with Crippen LogP contribution >= 0.6 is 0 Å². The van der Waals surface area contributed by atoms with E-state index in [1.807, 2.05) is 25.1 Å². The van der Waals surface area contributed by atoms with Gasteiger partial charge < -0.3 is 16.0 Å². The molecule has 0 bridgehead atoms. The second-order valence-electron chi connectivity index (χ2n) is 9.29. The topological polar surface area (TPSA) is 105 Å². The van der Waals surface area contributed by atoms with Crippen molar-refractivity contribution < 1.29 is 14.0 Å². The molecule has 1 aromatic heterocycles. The van der Waals surface area contributed by atoms with E-state index < -0.39 is 23.3 Å². The summed E-state index contributed by atoms with van der Waals surface area (Å²) in [5.74, 6) is -1.30. The Morgan fingerprint density at radius 3 is 2.73 bits per heavy atom. The molecule has 8 nitrogen and oxygen atoms in total. The summed E-state index contributed by atoms with van der Waals surface area (Å²) in [5, 5.41) is 8.55. The van der Waals surface area contributed by atoms with E-state index in [1.54, 1.807) is 20.0 Å². The van der Waals surface area contributed by atoms with E-state index in [-0.39, 0.29) is 24.3 Å². The zero-order valence-corrected chi connectivity index (χ0v) is 21.3. The van der Waals surface area contributed by atoms with Crippen LogP contribution in [0.3, 0.4) is 0 Å². The quantitative estimate of drug-likeness (QED) is 0.435. The Morgan fingerprint density at radius 1 is 1.22 bits per heavy atom. The molecule has 0 aliphatic heterocycles. The minimum Gasteiger partial charge on any atom is -0.348 e. The highest BCUT2D eigenvalue weighted by Crippen LogP contribution is 2.29. The second kappa shape index (κ2) is 11.5. The lowest BCUT2D eigenvalue weighted by molar-refractivity contribution is -0.122. The summed E-state index contributed by atoms with van der Waals surface area (Å²) in [6, 6.07) is 11.6. The summed E-state index contributed by atoms with van der Waals surface area (Å²) in [4.78, 5) is 43.6. The van der Waals surface area contributed by atoms with Gasteiger partial charge >= 0.3 is 0 Å². The third kappa shape index (κ3) is 5.77. The molecule has 1 heterocycles. The molecule has 37 heavy (non-hydrogen) atoms. The van der Waals surface area contributed by atoms with E-state index in [4.69, 9.17) is 0 Å². The molecule has 2 unspecified atom stereocenters. The van der Waals surface area contributed by atoms with E-state index in [0.717, 1.165) is 24.8 Å². The molecule has 0 saturated heterocycles. The number of fused-ring (bicyclic) bond motifs is 1. The Morgan fingerprint density at radius 2 is 2.00 bits per heavy atom. The van der Waals surface area contributed by atoms with Gasteiger partial charge in [-0.2, -0.15) is 0 Å². The lowest BCUT2D eigenvalue weighted by Crippen LogP contribution is -2.41. The molecule has 2 amide bonds. The van der Waals surface area contributed by atoms with Crippen molar-refractivity contribution in [2.24, 2.45) is 0 Å². The Balaban J connectivity index is 1.68. The predicted molar refractivity (Wildman–Crippen MR) is 141 cm³/mol. The van der Waals surface area contributed by atoms with E-state index in [9.17, 15) is 18.8 Å². The zero-order chi connectivity index (χ0) is 26.5. The van der Waals surface area contributed by atoms with Gasteiger partial charge in [0.2, 0.25) is 11.8 Å². The van der Waals surface area contributed by atoms with Crippen molar-refractivity contribution in [1.82, 2.24) is 20.2 Å². The van der Waals surface area contributed by atoms with Gasteiger partial charge in [0.05, 0.1) is 24.0 Å². The Hall–Kier alpha value is -3.85. The molecule has 1 aliphatic carbocycles. The summed E-state index contributed by atoms with van der Waals surface area (Å²) >= 11 is 0. The van der Waals surface area contributed by atoms with Crippen LogP contribution in [0.15, 0.2) is 53.5 Å². The number of likely N-dealkylation sites (N-methyl/N-ethyl adjacent to an activating group) is 1. The SMILES string of the molecule is CCC(NC)C(=O)Nc1ncc(-c2ccc(F)cc2C)n(CC(=O)NC2CCCc3ccccc32)c1=O. The van der Waals surface area contributed by atoms with E-state index in [1.165, 1.54) is 28.5 Å². The summed E-state index contributed by atoms with van der Waals surface area (Å²) in [5.41, 5.74) is 3.21. The van der Waals surface area contributed by atoms with Gasteiger partial charge in [0.15, 0.2) is 5.82 Å². The first-order chi connectivity index (χ1) is 17.8. The molecule has 9 heteroatoms. The molecule has 2 aromatic carbocycles. The summed E-state index contributed by atoms with van der Waals surface area (Å²) in [6.07, 6.45) is 4.68. The monoisotopic (exact) mass is 505 g/mol. The van der Waals surface area contributed by atoms with Crippen molar-refractivity contribution in [3.63, 3.8) is 0 Å². The van der Waals surface area contributed by atoms with Crippen molar-refractivity contribution in [1.29, 1.82) is 0 Å². The summed E-state index contributed by atoms with van der Waals surface area (Å²) < 4.78 is 15.1. The van der Waals surface area contributed by atoms with Crippen molar-refractivity contribution in [2.45, 2.75) is 58.2 Å². The van der Waals surface area contributed by atoms with Gasteiger partial charge in [-0.05, 0) is 74.5 Å². The summed E-state index contributed by atoms with van der Waals surface area (Å²) in [6.45, 7) is 3.29. The first kappa shape index (κ1) is 26.2. The molecule has 4 rings (SSSR count). The van der Waals surface area contributed by atoms with Gasteiger partial charge in [-0.25, -0.2) is 9.37 Å². The molecule has 0 fully saturated rings. The number of carbonyl (C=O) groups is 2. The molecule has 1 aliphatic rings. The number of benzene rings is 2. The number of hydrogen-bond donors (Lipinski definition) is 3. The molecule has 2 atom stereocenters. The molecule has 194 valence electrons. The lowest BCUT2D eigenvalue weighted by atomic mass is 9.88. The first-order valence-corrected chi connectivity index (χ1v) is 12.5. The molecule has 3 aromatic rings. The Labute approximate surface area is 215 Å². The van der Waals surface area contributed by atoms with Gasteiger partial charge in [-0.15, -0.1) is 0 Å². The number of carbonyl (C=O) groups excluding carboxylic acids is 2. The average molecular weight is 506 g/mol. The Bertz CT molecular complexity index is 1370. The van der Waals surface area contributed by atoms with Gasteiger partial charge in [0.25, 0.3) is 5.56 Å². The largest absolute Gasteiger partial charge is 0.348 e. The Kier molecular flexibility index (Phi) is 8.13. The van der Waals surface area contributed by atoms with Gasteiger partial charge in [0, 0.05) is 5.56 Å². The predicted octanol–water partition coefficient (Wildman–Crippen LogP) is 3.49. The van der Waals surface area contributed by atoms with Gasteiger partial charge in [0.1, 0.15) is 12.4 Å². The minimum atomic E-state index is -0.611. The average Bonchev–Trinajstić information content (AvgIpc) is 2.88. The van der Waals surface area contributed by atoms with Crippen LogP contribution in [0.5, 0.6) is 0 Å². The number of nitrogens with zero attached hydrogens (tertiary/aromatic N) is 2. The smallest absolute Gasteiger partial charge is 0.294 e. The lowest BCUT2D eigenvalue weighted by Gasteiger charge is -2.26. The minimum absolute atomic E-state index is 0.147. The molecular weight excluding hydrogens is 473 g/mol. The third-order valence-electron chi connectivity index (χ3n) is 6.84. The molecular formula is C28H32FN5O3. The van der Waals surface area contributed by atoms with Crippen LogP contribution in [0.25, 0.3) is 11.3 Å².